The SMILES string of the molecule is [N-]=[N+]=C1C=CC=C2C(=O)NC(=O)C21. The molecule has 0 bridgehead atoms. The summed E-state index contributed by atoms with van der Waals surface area (Å²) in [5.74, 6) is -1.59. The van der Waals surface area contributed by atoms with Crippen molar-refractivity contribution in [2.24, 2.45) is 5.92 Å². The molecule has 0 aromatic carbocycles. The quantitative estimate of drug-likeness (QED) is 0.303. The number of rotatable bonds is 0. The van der Waals surface area contributed by atoms with Crippen LogP contribution in [0, 0.1) is 5.92 Å². The van der Waals surface area contributed by atoms with E-state index in [-0.39, 0.29) is 5.71 Å². The number of carbonyl (C=O) groups is 2. The largest absolute Gasteiger partial charge is 0.361 e. The first-order valence-corrected chi connectivity index (χ1v) is 3.69. The van der Waals surface area contributed by atoms with E-state index in [1.165, 1.54) is 6.08 Å². The molecule has 1 unspecified atom stereocenters. The average molecular weight is 175 g/mol. The number of allylic oxidation sites excluding steroid dienone is 3. The second-order valence-corrected chi connectivity index (χ2v) is 2.76. The third-order valence-electron chi connectivity index (χ3n) is 2.03. The molecule has 1 aliphatic carbocycles. The zero-order valence-electron chi connectivity index (χ0n) is 6.52. The van der Waals surface area contributed by atoms with Gasteiger partial charge in [0, 0.05) is 11.6 Å². The topological polar surface area (TPSA) is 82.6 Å². The minimum Gasteiger partial charge on any atom is -0.361 e. The van der Waals surface area contributed by atoms with Gasteiger partial charge >= 0.3 is 5.71 Å². The van der Waals surface area contributed by atoms with Gasteiger partial charge in [-0.2, -0.15) is 4.79 Å². The van der Waals surface area contributed by atoms with Gasteiger partial charge in [0.15, 0.2) is 5.92 Å². The molecule has 13 heavy (non-hydrogen) atoms. The van der Waals surface area contributed by atoms with Crippen molar-refractivity contribution < 1.29 is 14.4 Å². The first-order valence-electron chi connectivity index (χ1n) is 3.69. The lowest BCUT2D eigenvalue weighted by Crippen LogP contribution is -2.26. The van der Waals surface area contributed by atoms with Crippen molar-refractivity contribution in [2.45, 2.75) is 0 Å². The molecule has 1 heterocycles. The Labute approximate surface area is 73.4 Å². The van der Waals surface area contributed by atoms with Gasteiger partial charge in [-0.05, 0) is 0 Å². The molecule has 5 nitrogen and oxygen atoms in total. The van der Waals surface area contributed by atoms with Crippen LogP contribution in [0.2, 0.25) is 0 Å². The Kier molecular flexibility index (Phi) is 1.47. The number of fused-ring (bicyclic) bond motifs is 1. The molecular formula is C8H5N3O2. The summed E-state index contributed by atoms with van der Waals surface area (Å²) in [7, 11) is 0. The standard InChI is InChI=1S/C8H5N3O2/c9-11-5-3-1-2-4-6(5)8(13)10-7(4)12/h1-3,6H,(H,10,12,13). The highest BCUT2D eigenvalue weighted by molar-refractivity contribution is 6.26. The van der Waals surface area contributed by atoms with Crippen LogP contribution in [0.3, 0.4) is 0 Å². The van der Waals surface area contributed by atoms with E-state index < -0.39 is 17.7 Å². The minimum absolute atomic E-state index is 0.195. The lowest BCUT2D eigenvalue weighted by atomic mass is 9.92. The summed E-state index contributed by atoms with van der Waals surface area (Å²) in [5, 5.41) is 2.14. The normalized spacial score (nSPS) is 25.1. The highest BCUT2D eigenvalue weighted by Gasteiger charge is 2.44. The van der Waals surface area contributed by atoms with E-state index in [1.807, 2.05) is 0 Å². The van der Waals surface area contributed by atoms with Crippen LogP contribution < -0.4 is 5.32 Å². The van der Waals surface area contributed by atoms with Gasteiger partial charge < -0.3 is 5.53 Å². The fourth-order valence-corrected chi connectivity index (χ4v) is 1.43. The van der Waals surface area contributed by atoms with E-state index >= 15 is 0 Å². The second-order valence-electron chi connectivity index (χ2n) is 2.76. The summed E-state index contributed by atoms with van der Waals surface area (Å²) in [6.07, 6.45) is 4.60. The summed E-state index contributed by atoms with van der Waals surface area (Å²) in [6.45, 7) is 0. The van der Waals surface area contributed by atoms with Gasteiger partial charge in [0.2, 0.25) is 5.91 Å². The van der Waals surface area contributed by atoms with Crippen molar-refractivity contribution in [3.8, 4) is 0 Å². The van der Waals surface area contributed by atoms with Crippen molar-refractivity contribution >= 4 is 17.5 Å². The van der Waals surface area contributed by atoms with Gasteiger partial charge in [0.05, 0.1) is 0 Å². The molecule has 2 amide bonds. The molecule has 64 valence electrons. The Balaban J connectivity index is 2.56. The summed E-state index contributed by atoms with van der Waals surface area (Å²) in [5.41, 5.74) is 9.09. The summed E-state index contributed by atoms with van der Waals surface area (Å²) in [4.78, 5) is 25.3. The number of hydrogen-bond acceptors (Lipinski definition) is 2. The molecule has 1 aliphatic heterocycles. The predicted molar refractivity (Wildman–Crippen MR) is 42.5 cm³/mol. The van der Waals surface area contributed by atoms with Crippen LogP contribution in [0.25, 0.3) is 5.53 Å². The van der Waals surface area contributed by atoms with Crippen LogP contribution in [0.1, 0.15) is 0 Å². The van der Waals surface area contributed by atoms with E-state index in [2.05, 4.69) is 10.1 Å². The molecule has 0 radical (unpaired) electrons. The lowest BCUT2D eigenvalue weighted by Gasteiger charge is -2.02. The monoisotopic (exact) mass is 175 g/mol. The van der Waals surface area contributed by atoms with E-state index in [0.717, 1.165) is 0 Å². The number of nitrogens with one attached hydrogen (secondary N) is 1. The molecule has 2 aliphatic rings. The third-order valence-corrected chi connectivity index (χ3v) is 2.03. The maximum Gasteiger partial charge on any atom is 0.309 e. The highest BCUT2D eigenvalue weighted by atomic mass is 16.2. The Morgan fingerprint density at radius 3 is 2.92 bits per heavy atom. The Bertz CT molecular complexity index is 413. The molecule has 2 rings (SSSR count). The molecule has 0 saturated carbocycles. The number of carbonyl (C=O) groups excluding carboxylic acids is 2. The van der Waals surface area contributed by atoms with Crippen LogP contribution in [-0.4, -0.2) is 22.3 Å². The smallest absolute Gasteiger partial charge is 0.309 e. The van der Waals surface area contributed by atoms with E-state index in [4.69, 9.17) is 5.53 Å². The van der Waals surface area contributed by atoms with E-state index in [0.29, 0.717) is 5.57 Å². The molecule has 1 fully saturated rings. The molecular weight excluding hydrogens is 170 g/mol. The number of nitrogens with zero attached hydrogens (tertiary/aromatic N) is 2. The number of amides is 2. The van der Waals surface area contributed by atoms with Crippen LogP contribution in [0.15, 0.2) is 23.8 Å². The summed E-state index contributed by atoms with van der Waals surface area (Å²) in [6, 6.07) is 0. The van der Waals surface area contributed by atoms with E-state index in [9.17, 15) is 9.59 Å². The molecule has 0 aromatic heterocycles. The molecule has 1 saturated heterocycles. The Morgan fingerprint density at radius 2 is 2.23 bits per heavy atom. The Hall–Kier alpha value is -2.00. The number of hydrogen-bond donors (Lipinski definition) is 1. The zero-order chi connectivity index (χ0) is 9.42. The van der Waals surface area contributed by atoms with Crippen molar-refractivity contribution in [1.29, 1.82) is 0 Å². The predicted octanol–water partition coefficient (Wildman–Crippen LogP) is -0.574. The van der Waals surface area contributed by atoms with Gasteiger partial charge in [-0.25, -0.2) is 0 Å². The van der Waals surface area contributed by atoms with E-state index in [1.54, 1.807) is 12.2 Å². The average Bonchev–Trinajstić information content (AvgIpc) is 2.43. The maximum absolute atomic E-state index is 11.2. The minimum atomic E-state index is -0.734. The molecule has 1 N–H and O–H groups in total. The van der Waals surface area contributed by atoms with Gasteiger partial charge in [-0.1, -0.05) is 12.2 Å². The second kappa shape index (κ2) is 2.50. The maximum atomic E-state index is 11.2. The van der Waals surface area contributed by atoms with Gasteiger partial charge in [-0.15, -0.1) is 0 Å². The third kappa shape index (κ3) is 0.947. The molecule has 0 spiro atoms. The van der Waals surface area contributed by atoms with Crippen LogP contribution in [-0.2, 0) is 9.59 Å². The van der Waals surface area contributed by atoms with Crippen molar-refractivity contribution in [3.05, 3.63) is 29.3 Å². The first-order chi connectivity index (χ1) is 6.24. The van der Waals surface area contributed by atoms with Crippen LogP contribution >= 0.6 is 0 Å². The molecule has 1 atom stereocenters. The summed E-state index contributed by atoms with van der Waals surface area (Å²) >= 11 is 0. The van der Waals surface area contributed by atoms with Gasteiger partial charge in [0.1, 0.15) is 0 Å². The zero-order valence-corrected chi connectivity index (χ0v) is 6.52. The van der Waals surface area contributed by atoms with Crippen molar-refractivity contribution in [3.63, 3.8) is 0 Å². The van der Waals surface area contributed by atoms with Crippen molar-refractivity contribution in [1.82, 2.24) is 5.32 Å². The highest BCUT2D eigenvalue weighted by Crippen LogP contribution is 2.22. The van der Waals surface area contributed by atoms with Crippen LogP contribution in [0.5, 0.6) is 0 Å². The van der Waals surface area contributed by atoms with Crippen molar-refractivity contribution in [2.75, 3.05) is 0 Å². The first kappa shape index (κ1) is 7.64. The lowest BCUT2D eigenvalue weighted by molar-refractivity contribution is -0.125. The fraction of sp³-hybridized carbons (Fsp3) is 0.125. The summed E-state index contributed by atoms with van der Waals surface area (Å²) < 4.78 is 0. The Morgan fingerprint density at radius 1 is 1.46 bits per heavy atom. The van der Waals surface area contributed by atoms with Gasteiger partial charge in [0.25, 0.3) is 5.91 Å². The molecule has 0 aromatic rings. The molecule has 5 heteroatoms. The fourth-order valence-electron chi connectivity index (χ4n) is 1.43. The van der Waals surface area contributed by atoms with Crippen LogP contribution in [0.4, 0.5) is 0 Å². The van der Waals surface area contributed by atoms with Gasteiger partial charge in [-0.3, -0.25) is 14.9 Å². The number of imide groups is 1.